The van der Waals surface area contributed by atoms with Crippen LogP contribution in [-0.2, 0) is 19.0 Å². The summed E-state index contributed by atoms with van der Waals surface area (Å²) in [5.41, 5.74) is 1.17. The number of ether oxygens (including phenoxy) is 3. The van der Waals surface area contributed by atoms with Gasteiger partial charge in [0, 0.05) is 12.3 Å². The molecule has 3 unspecified atom stereocenters. The lowest BCUT2D eigenvalue weighted by molar-refractivity contribution is -0.154. The van der Waals surface area contributed by atoms with Crippen LogP contribution in [0.1, 0.15) is 72.1 Å². The zero-order valence-electron chi connectivity index (χ0n) is 18.3. The predicted molar refractivity (Wildman–Crippen MR) is 116 cm³/mol. The number of rotatable bonds is 1. The van der Waals surface area contributed by atoms with Crippen molar-refractivity contribution in [1.29, 1.82) is 0 Å². The van der Waals surface area contributed by atoms with Gasteiger partial charge in [-0.3, -0.25) is 4.79 Å². The van der Waals surface area contributed by atoms with Gasteiger partial charge in [0.1, 0.15) is 6.10 Å². The van der Waals surface area contributed by atoms with Crippen LogP contribution >= 0.6 is 0 Å². The third kappa shape index (κ3) is 6.82. The SMILES string of the molecule is C=C1CC2CC(=O)OC(/C=C/C)[C@@H](C)/C=C/[C@H](C)C[C@H]3CCCC(C[C@@H](C1)O2)O3. The summed E-state index contributed by atoms with van der Waals surface area (Å²) in [6.07, 6.45) is 15.9. The molecule has 0 aliphatic carbocycles. The van der Waals surface area contributed by atoms with E-state index < -0.39 is 0 Å². The number of hydrogen-bond acceptors (Lipinski definition) is 4. The average molecular weight is 403 g/mol. The highest BCUT2D eigenvalue weighted by atomic mass is 16.5. The van der Waals surface area contributed by atoms with Crippen LogP contribution in [0.25, 0.3) is 0 Å². The van der Waals surface area contributed by atoms with Gasteiger partial charge in [-0.25, -0.2) is 0 Å². The Morgan fingerprint density at radius 3 is 2.41 bits per heavy atom. The van der Waals surface area contributed by atoms with Crippen LogP contribution < -0.4 is 0 Å². The normalized spacial score (nSPS) is 41.1. The van der Waals surface area contributed by atoms with E-state index in [1.165, 1.54) is 12.0 Å². The molecule has 0 spiro atoms. The molecule has 162 valence electrons. The smallest absolute Gasteiger partial charge is 0.309 e. The number of allylic oxidation sites excluding steroid dienone is 2. The van der Waals surface area contributed by atoms with Gasteiger partial charge < -0.3 is 14.2 Å². The quantitative estimate of drug-likeness (QED) is 0.427. The molecule has 4 heteroatoms. The highest BCUT2D eigenvalue weighted by molar-refractivity contribution is 5.70. The van der Waals surface area contributed by atoms with E-state index in [2.05, 4.69) is 32.6 Å². The van der Waals surface area contributed by atoms with Crippen molar-refractivity contribution < 1.29 is 19.0 Å². The third-order valence-electron chi connectivity index (χ3n) is 6.32. The Balaban J connectivity index is 1.78. The largest absolute Gasteiger partial charge is 0.457 e. The summed E-state index contributed by atoms with van der Waals surface area (Å²) in [5, 5.41) is 0. The Kier molecular flexibility index (Phi) is 8.14. The summed E-state index contributed by atoms with van der Waals surface area (Å²) in [6, 6.07) is 0. The van der Waals surface area contributed by atoms with E-state index >= 15 is 0 Å². The van der Waals surface area contributed by atoms with Gasteiger partial charge in [-0.1, -0.05) is 44.2 Å². The molecule has 0 aromatic carbocycles. The first-order chi connectivity index (χ1) is 13.9. The predicted octanol–water partition coefficient (Wildman–Crippen LogP) is 5.53. The van der Waals surface area contributed by atoms with Gasteiger partial charge >= 0.3 is 5.97 Å². The summed E-state index contributed by atoms with van der Waals surface area (Å²) < 4.78 is 18.6. The summed E-state index contributed by atoms with van der Waals surface area (Å²) in [6.45, 7) is 10.5. The number of cyclic esters (lactones) is 1. The zero-order valence-corrected chi connectivity index (χ0v) is 18.3. The van der Waals surface area contributed by atoms with Crippen molar-refractivity contribution in [3.63, 3.8) is 0 Å². The van der Waals surface area contributed by atoms with Crippen molar-refractivity contribution in [3.8, 4) is 0 Å². The maximum atomic E-state index is 12.6. The Bertz CT molecular complexity index is 622. The summed E-state index contributed by atoms with van der Waals surface area (Å²) >= 11 is 0. The zero-order chi connectivity index (χ0) is 20.8. The van der Waals surface area contributed by atoms with E-state index in [0.29, 0.717) is 12.0 Å². The lowest BCUT2D eigenvalue weighted by atomic mass is 9.90. The average Bonchev–Trinajstić information content (AvgIpc) is 2.65. The lowest BCUT2D eigenvalue weighted by Gasteiger charge is -2.37. The fourth-order valence-corrected chi connectivity index (χ4v) is 4.84. The van der Waals surface area contributed by atoms with Crippen molar-refractivity contribution in [2.75, 3.05) is 0 Å². The topological polar surface area (TPSA) is 44.8 Å². The van der Waals surface area contributed by atoms with Gasteiger partial charge in [-0.15, -0.1) is 0 Å². The number of esters is 1. The van der Waals surface area contributed by atoms with Crippen LogP contribution in [-0.4, -0.2) is 36.5 Å². The minimum atomic E-state index is -0.248. The molecule has 3 aliphatic heterocycles. The molecular formula is C25H38O4. The van der Waals surface area contributed by atoms with E-state index in [9.17, 15) is 4.79 Å². The second-order valence-corrected chi connectivity index (χ2v) is 9.23. The molecule has 0 aromatic rings. The van der Waals surface area contributed by atoms with Gasteiger partial charge in [0.05, 0.1) is 30.8 Å². The number of fused-ring (bicyclic) bond motifs is 4. The molecule has 2 fully saturated rings. The fraction of sp³-hybridized carbons (Fsp3) is 0.720. The van der Waals surface area contributed by atoms with Crippen LogP contribution in [0.3, 0.4) is 0 Å². The highest BCUT2D eigenvalue weighted by Gasteiger charge is 2.32. The van der Waals surface area contributed by atoms with Crippen molar-refractivity contribution in [2.24, 2.45) is 11.8 Å². The maximum Gasteiger partial charge on any atom is 0.309 e. The molecule has 29 heavy (non-hydrogen) atoms. The second-order valence-electron chi connectivity index (χ2n) is 9.23. The lowest BCUT2D eigenvalue weighted by Crippen LogP contribution is -2.37. The van der Waals surface area contributed by atoms with Crippen molar-refractivity contribution in [1.82, 2.24) is 0 Å². The molecule has 0 radical (unpaired) electrons. The van der Waals surface area contributed by atoms with Crippen LogP contribution in [0.2, 0.25) is 0 Å². The number of hydrogen-bond donors (Lipinski definition) is 0. The maximum absolute atomic E-state index is 12.6. The molecule has 0 saturated carbocycles. The Morgan fingerprint density at radius 2 is 1.66 bits per heavy atom. The molecule has 3 heterocycles. The molecule has 0 N–H and O–H groups in total. The molecule has 3 aliphatic rings. The molecular weight excluding hydrogens is 364 g/mol. The molecule has 0 aromatic heterocycles. The molecule has 4 bridgehead atoms. The summed E-state index contributed by atoms with van der Waals surface area (Å²) in [7, 11) is 0. The van der Waals surface area contributed by atoms with Crippen LogP contribution in [0, 0.1) is 11.8 Å². The Labute approximate surface area is 176 Å². The molecule has 0 amide bonds. The monoisotopic (exact) mass is 402 g/mol. The summed E-state index contributed by atoms with van der Waals surface area (Å²) in [4.78, 5) is 12.6. The van der Waals surface area contributed by atoms with Gasteiger partial charge in [-0.2, -0.15) is 0 Å². The molecule has 2 saturated heterocycles. The van der Waals surface area contributed by atoms with E-state index in [1.54, 1.807) is 0 Å². The fourth-order valence-electron chi connectivity index (χ4n) is 4.84. The van der Waals surface area contributed by atoms with Crippen LogP contribution in [0.5, 0.6) is 0 Å². The molecule has 3 rings (SSSR count). The van der Waals surface area contributed by atoms with Crippen molar-refractivity contribution in [2.45, 2.75) is 103 Å². The number of carbonyl (C=O) groups excluding carboxylic acids is 1. The Hall–Kier alpha value is -1.39. The first kappa shape index (κ1) is 22.3. The van der Waals surface area contributed by atoms with Gasteiger partial charge in [0.15, 0.2) is 0 Å². The van der Waals surface area contributed by atoms with Gasteiger partial charge in [0.2, 0.25) is 0 Å². The molecule has 7 atom stereocenters. The first-order valence-electron chi connectivity index (χ1n) is 11.4. The summed E-state index contributed by atoms with van der Waals surface area (Å²) in [5.74, 6) is 0.368. The van der Waals surface area contributed by atoms with Crippen molar-refractivity contribution in [3.05, 3.63) is 36.5 Å². The molecule has 4 nitrogen and oxygen atoms in total. The highest BCUT2D eigenvalue weighted by Crippen LogP contribution is 2.33. The number of carbonyl (C=O) groups is 1. The minimum Gasteiger partial charge on any atom is -0.457 e. The van der Waals surface area contributed by atoms with Gasteiger partial charge in [0.25, 0.3) is 0 Å². The standard InChI is InChI=1S/C25H38O4/c1-5-7-24-19(4)11-10-17(2)12-20-8-6-9-21(27-20)15-22-13-18(3)14-23(28-22)16-25(26)29-24/h5,7,10-11,17,19-24H,3,6,8-9,12-16H2,1-2,4H3/b7-5+,11-10+/t17-,19-,20+,21?,22+,23?,24?/m0/s1. The van der Waals surface area contributed by atoms with E-state index in [1.807, 2.05) is 19.1 Å². The minimum absolute atomic E-state index is 0.0910. The first-order valence-corrected chi connectivity index (χ1v) is 11.4. The van der Waals surface area contributed by atoms with E-state index in [4.69, 9.17) is 14.2 Å². The van der Waals surface area contributed by atoms with Crippen LogP contribution in [0.15, 0.2) is 36.5 Å². The third-order valence-corrected chi connectivity index (χ3v) is 6.32. The second kappa shape index (κ2) is 10.6. The Morgan fingerprint density at radius 1 is 0.966 bits per heavy atom. The van der Waals surface area contributed by atoms with E-state index in [-0.39, 0.29) is 42.7 Å². The van der Waals surface area contributed by atoms with E-state index in [0.717, 1.165) is 38.5 Å². The van der Waals surface area contributed by atoms with Crippen LogP contribution in [0.4, 0.5) is 0 Å². The van der Waals surface area contributed by atoms with Crippen molar-refractivity contribution >= 4 is 5.97 Å². The van der Waals surface area contributed by atoms with Gasteiger partial charge in [-0.05, 0) is 57.4 Å².